The van der Waals surface area contributed by atoms with E-state index >= 15 is 0 Å². The van der Waals surface area contributed by atoms with Crippen LogP contribution in [0.1, 0.15) is 11.3 Å². The fourth-order valence-corrected chi connectivity index (χ4v) is 2.30. The second-order valence-electron chi connectivity index (χ2n) is 4.42. The number of nitrogens with zero attached hydrogens (tertiary/aromatic N) is 1. The smallest absolute Gasteiger partial charge is 0.270 e. The van der Waals surface area contributed by atoms with Crippen LogP contribution < -0.4 is 5.32 Å². The zero-order chi connectivity index (χ0) is 12.5. The Morgan fingerprint density at radius 1 is 1.28 bits per heavy atom. The molecule has 1 aliphatic rings. The van der Waals surface area contributed by atoms with Gasteiger partial charge in [-0.2, -0.15) is 0 Å². The third kappa shape index (κ3) is 1.89. The fraction of sp³-hybridized carbons (Fsp3) is 0.231. The van der Waals surface area contributed by atoms with Crippen LogP contribution in [-0.2, 0) is 13.0 Å². The summed E-state index contributed by atoms with van der Waals surface area (Å²) in [6, 6.07) is 8.78. The molecule has 2 aromatic rings. The number of rotatable bonds is 2. The SMILES string of the molecule is O=[N+]([O-])c1cccc(-c2cc3c([nH]2)CCNC3)c1. The number of fused-ring (bicyclic) bond motifs is 1. The molecule has 2 heterocycles. The van der Waals surface area contributed by atoms with Crippen molar-refractivity contribution >= 4 is 5.69 Å². The topological polar surface area (TPSA) is 71.0 Å². The number of benzene rings is 1. The van der Waals surface area contributed by atoms with Gasteiger partial charge in [-0.15, -0.1) is 0 Å². The number of hydrogen-bond acceptors (Lipinski definition) is 3. The van der Waals surface area contributed by atoms with Crippen molar-refractivity contribution in [2.45, 2.75) is 13.0 Å². The lowest BCUT2D eigenvalue weighted by Crippen LogP contribution is -2.22. The van der Waals surface area contributed by atoms with Gasteiger partial charge in [-0.05, 0) is 11.6 Å². The van der Waals surface area contributed by atoms with Crippen LogP contribution >= 0.6 is 0 Å². The molecule has 0 bridgehead atoms. The molecule has 0 saturated heterocycles. The Morgan fingerprint density at radius 2 is 2.17 bits per heavy atom. The van der Waals surface area contributed by atoms with Crippen molar-refractivity contribution in [3.05, 3.63) is 51.7 Å². The van der Waals surface area contributed by atoms with Gasteiger partial charge in [0.05, 0.1) is 4.92 Å². The summed E-state index contributed by atoms with van der Waals surface area (Å²) in [6.07, 6.45) is 0.976. The molecule has 0 radical (unpaired) electrons. The molecule has 0 amide bonds. The molecule has 3 rings (SSSR count). The molecule has 0 aliphatic carbocycles. The highest BCUT2D eigenvalue weighted by Crippen LogP contribution is 2.26. The van der Waals surface area contributed by atoms with E-state index in [0.717, 1.165) is 30.8 Å². The van der Waals surface area contributed by atoms with Gasteiger partial charge >= 0.3 is 0 Å². The van der Waals surface area contributed by atoms with E-state index in [1.165, 1.54) is 17.3 Å². The maximum absolute atomic E-state index is 10.8. The predicted octanol–water partition coefficient (Wildman–Crippen LogP) is 2.24. The van der Waals surface area contributed by atoms with Crippen LogP contribution in [0.25, 0.3) is 11.3 Å². The second kappa shape index (κ2) is 4.27. The molecule has 92 valence electrons. The first-order valence-electron chi connectivity index (χ1n) is 5.90. The lowest BCUT2D eigenvalue weighted by Gasteiger charge is -2.11. The molecule has 5 nitrogen and oxygen atoms in total. The summed E-state index contributed by atoms with van der Waals surface area (Å²) in [5.41, 5.74) is 4.42. The van der Waals surface area contributed by atoms with Gasteiger partial charge in [-0.1, -0.05) is 12.1 Å². The van der Waals surface area contributed by atoms with Gasteiger partial charge in [0.15, 0.2) is 0 Å². The Kier molecular flexibility index (Phi) is 2.60. The average molecular weight is 243 g/mol. The van der Waals surface area contributed by atoms with Gasteiger partial charge in [0.1, 0.15) is 0 Å². The van der Waals surface area contributed by atoms with E-state index in [0.29, 0.717) is 0 Å². The number of nitro benzene ring substituents is 1. The normalized spacial score (nSPS) is 14.2. The number of nitro groups is 1. The molecular formula is C13H13N3O2. The summed E-state index contributed by atoms with van der Waals surface area (Å²) in [7, 11) is 0. The van der Waals surface area contributed by atoms with Gasteiger partial charge in [0.2, 0.25) is 0 Å². The van der Waals surface area contributed by atoms with E-state index in [2.05, 4.69) is 16.4 Å². The Balaban J connectivity index is 2.01. The Bertz CT molecular complexity index is 581. The number of nitrogens with one attached hydrogen (secondary N) is 2. The molecule has 0 fully saturated rings. The standard InChI is InChI=1S/C13H13N3O2/c17-16(18)11-3-1-2-9(6-11)13-7-10-8-14-5-4-12(10)15-13/h1-3,6-7,14-15H,4-5,8H2. The zero-order valence-corrected chi connectivity index (χ0v) is 9.77. The molecule has 1 aromatic carbocycles. The highest BCUT2D eigenvalue weighted by molar-refractivity contribution is 5.64. The van der Waals surface area contributed by atoms with Crippen molar-refractivity contribution in [3.63, 3.8) is 0 Å². The molecular weight excluding hydrogens is 230 g/mol. The predicted molar refractivity (Wildman–Crippen MR) is 68.3 cm³/mol. The summed E-state index contributed by atoms with van der Waals surface area (Å²) in [6.45, 7) is 1.84. The first-order chi connectivity index (χ1) is 8.74. The minimum Gasteiger partial charge on any atom is -0.358 e. The van der Waals surface area contributed by atoms with Gasteiger partial charge in [0, 0.05) is 48.6 Å². The number of aromatic nitrogens is 1. The molecule has 5 heteroatoms. The number of non-ortho nitro benzene ring substituents is 1. The lowest BCUT2D eigenvalue weighted by atomic mass is 10.1. The Labute approximate surface area is 104 Å². The Morgan fingerprint density at radius 3 is 2.94 bits per heavy atom. The molecule has 0 saturated carbocycles. The number of aromatic amines is 1. The summed E-state index contributed by atoms with van der Waals surface area (Å²) >= 11 is 0. The largest absolute Gasteiger partial charge is 0.358 e. The van der Waals surface area contributed by atoms with Crippen LogP contribution in [-0.4, -0.2) is 16.5 Å². The van der Waals surface area contributed by atoms with Crippen molar-refractivity contribution in [3.8, 4) is 11.3 Å². The summed E-state index contributed by atoms with van der Waals surface area (Å²) in [5, 5.41) is 14.1. The summed E-state index contributed by atoms with van der Waals surface area (Å²) in [5.74, 6) is 0. The van der Waals surface area contributed by atoms with Crippen LogP contribution in [0.4, 0.5) is 5.69 Å². The maximum Gasteiger partial charge on any atom is 0.270 e. The fourth-order valence-electron chi connectivity index (χ4n) is 2.30. The molecule has 18 heavy (non-hydrogen) atoms. The van der Waals surface area contributed by atoms with Gasteiger partial charge in [0.25, 0.3) is 5.69 Å². The van der Waals surface area contributed by atoms with Gasteiger partial charge in [-0.25, -0.2) is 0 Å². The average Bonchev–Trinajstić information content (AvgIpc) is 2.82. The lowest BCUT2D eigenvalue weighted by molar-refractivity contribution is -0.384. The van der Waals surface area contributed by atoms with Crippen molar-refractivity contribution in [2.75, 3.05) is 6.54 Å². The van der Waals surface area contributed by atoms with Crippen molar-refractivity contribution in [1.29, 1.82) is 0 Å². The van der Waals surface area contributed by atoms with Crippen molar-refractivity contribution in [2.24, 2.45) is 0 Å². The van der Waals surface area contributed by atoms with Crippen LogP contribution in [0.2, 0.25) is 0 Å². The molecule has 0 spiro atoms. The summed E-state index contributed by atoms with van der Waals surface area (Å²) in [4.78, 5) is 13.8. The van der Waals surface area contributed by atoms with E-state index in [-0.39, 0.29) is 10.6 Å². The molecule has 1 aromatic heterocycles. The monoisotopic (exact) mass is 243 g/mol. The number of hydrogen-bond donors (Lipinski definition) is 2. The zero-order valence-electron chi connectivity index (χ0n) is 9.77. The van der Waals surface area contributed by atoms with E-state index in [4.69, 9.17) is 0 Å². The third-order valence-corrected chi connectivity index (χ3v) is 3.23. The maximum atomic E-state index is 10.8. The highest BCUT2D eigenvalue weighted by Gasteiger charge is 2.14. The van der Waals surface area contributed by atoms with Crippen LogP contribution in [0.3, 0.4) is 0 Å². The number of H-pyrrole nitrogens is 1. The van der Waals surface area contributed by atoms with E-state index in [9.17, 15) is 10.1 Å². The van der Waals surface area contributed by atoms with E-state index in [1.54, 1.807) is 12.1 Å². The molecule has 0 unspecified atom stereocenters. The highest BCUT2D eigenvalue weighted by atomic mass is 16.6. The van der Waals surface area contributed by atoms with Gasteiger partial charge < -0.3 is 10.3 Å². The Hall–Kier alpha value is -2.14. The van der Waals surface area contributed by atoms with Crippen LogP contribution in [0, 0.1) is 10.1 Å². The van der Waals surface area contributed by atoms with Crippen molar-refractivity contribution in [1.82, 2.24) is 10.3 Å². The second-order valence-corrected chi connectivity index (χ2v) is 4.42. The first kappa shape index (κ1) is 11.0. The van der Waals surface area contributed by atoms with Crippen LogP contribution in [0.5, 0.6) is 0 Å². The van der Waals surface area contributed by atoms with Crippen molar-refractivity contribution < 1.29 is 4.92 Å². The minimum absolute atomic E-state index is 0.123. The quantitative estimate of drug-likeness (QED) is 0.627. The molecule has 0 atom stereocenters. The minimum atomic E-state index is -0.367. The van der Waals surface area contributed by atoms with E-state index in [1.807, 2.05) is 6.07 Å². The first-order valence-corrected chi connectivity index (χ1v) is 5.90. The molecule has 1 aliphatic heterocycles. The van der Waals surface area contributed by atoms with Gasteiger partial charge in [-0.3, -0.25) is 10.1 Å². The third-order valence-electron chi connectivity index (χ3n) is 3.23. The van der Waals surface area contributed by atoms with Crippen LogP contribution in [0.15, 0.2) is 30.3 Å². The molecule has 2 N–H and O–H groups in total. The van der Waals surface area contributed by atoms with E-state index < -0.39 is 0 Å². The summed E-state index contributed by atoms with van der Waals surface area (Å²) < 4.78 is 0.